The summed E-state index contributed by atoms with van der Waals surface area (Å²) in [5.74, 6) is 1.61. The van der Waals surface area contributed by atoms with Crippen molar-refractivity contribution in [2.24, 2.45) is 21.5 Å². The van der Waals surface area contributed by atoms with Crippen LogP contribution in [0.1, 0.15) is 84.0 Å². The SMILES string of the molecule is CCCCCCCCCOc1ccc(N2C(N)=NC(N)=NC23CCCCC3)cc1. The summed E-state index contributed by atoms with van der Waals surface area (Å²) in [6.07, 6.45) is 14.4. The van der Waals surface area contributed by atoms with E-state index in [-0.39, 0.29) is 5.96 Å². The van der Waals surface area contributed by atoms with Crippen LogP contribution in [0, 0.1) is 0 Å². The van der Waals surface area contributed by atoms with E-state index >= 15 is 0 Å². The zero-order valence-corrected chi connectivity index (χ0v) is 17.9. The Morgan fingerprint density at radius 1 is 0.931 bits per heavy atom. The fourth-order valence-corrected chi connectivity index (χ4v) is 4.44. The van der Waals surface area contributed by atoms with Gasteiger partial charge < -0.3 is 16.2 Å². The zero-order chi connectivity index (χ0) is 20.5. The van der Waals surface area contributed by atoms with E-state index in [9.17, 15) is 0 Å². The van der Waals surface area contributed by atoms with E-state index in [0.717, 1.165) is 50.1 Å². The van der Waals surface area contributed by atoms with Crippen molar-refractivity contribution in [3.8, 4) is 5.75 Å². The van der Waals surface area contributed by atoms with Gasteiger partial charge in [-0.2, -0.15) is 4.99 Å². The van der Waals surface area contributed by atoms with Crippen molar-refractivity contribution in [3.05, 3.63) is 24.3 Å². The van der Waals surface area contributed by atoms with Gasteiger partial charge in [0.15, 0.2) is 0 Å². The van der Waals surface area contributed by atoms with Crippen molar-refractivity contribution < 1.29 is 4.74 Å². The molecule has 1 heterocycles. The largest absolute Gasteiger partial charge is 0.494 e. The third-order valence-corrected chi connectivity index (χ3v) is 5.96. The maximum absolute atomic E-state index is 6.29. The lowest BCUT2D eigenvalue weighted by atomic mass is 9.87. The molecule has 2 aliphatic rings. The highest BCUT2D eigenvalue weighted by atomic mass is 16.5. The van der Waals surface area contributed by atoms with Gasteiger partial charge in [0, 0.05) is 5.69 Å². The molecule has 160 valence electrons. The molecule has 0 atom stereocenters. The van der Waals surface area contributed by atoms with Gasteiger partial charge in [-0.1, -0.05) is 51.9 Å². The molecule has 1 aliphatic heterocycles. The molecule has 0 aromatic heterocycles. The maximum Gasteiger partial charge on any atom is 0.220 e. The summed E-state index contributed by atoms with van der Waals surface area (Å²) in [6, 6.07) is 8.13. The third kappa shape index (κ3) is 5.64. The highest BCUT2D eigenvalue weighted by Crippen LogP contribution is 2.39. The lowest BCUT2D eigenvalue weighted by Gasteiger charge is -2.45. The van der Waals surface area contributed by atoms with Crippen molar-refractivity contribution in [2.45, 2.75) is 89.6 Å². The summed E-state index contributed by atoms with van der Waals surface area (Å²) in [4.78, 5) is 11.0. The second kappa shape index (κ2) is 10.5. The van der Waals surface area contributed by atoms with Gasteiger partial charge in [-0.05, 0) is 56.4 Å². The minimum atomic E-state index is -0.395. The summed E-state index contributed by atoms with van der Waals surface area (Å²) in [5, 5.41) is 0. The number of hydrogen-bond donors (Lipinski definition) is 2. The van der Waals surface area contributed by atoms with E-state index in [0.29, 0.717) is 5.96 Å². The Morgan fingerprint density at radius 2 is 1.59 bits per heavy atom. The van der Waals surface area contributed by atoms with Gasteiger partial charge in [-0.15, -0.1) is 0 Å². The predicted octanol–water partition coefficient (Wildman–Crippen LogP) is 4.93. The van der Waals surface area contributed by atoms with Crippen LogP contribution in [-0.2, 0) is 0 Å². The smallest absolute Gasteiger partial charge is 0.220 e. The number of ether oxygens (including phenoxy) is 1. The second-order valence-corrected chi connectivity index (χ2v) is 8.28. The highest BCUT2D eigenvalue weighted by molar-refractivity contribution is 6.05. The minimum Gasteiger partial charge on any atom is -0.494 e. The number of nitrogens with two attached hydrogens (primary N) is 2. The van der Waals surface area contributed by atoms with Crippen LogP contribution >= 0.6 is 0 Å². The topological polar surface area (TPSA) is 89.2 Å². The molecule has 4 N–H and O–H groups in total. The van der Waals surface area contributed by atoms with Crippen LogP contribution < -0.4 is 21.1 Å². The molecule has 29 heavy (non-hydrogen) atoms. The first-order valence-electron chi connectivity index (χ1n) is 11.4. The van der Waals surface area contributed by atoms with Gasteiger partial charge in [0.1, 0.15) is 11.4 Å². The number of hydrogen-bond acceptors (Lipinski definition) is 6. The first-order valence-corrected chi connectivity index (χ1v) is 11.4. The Kier molecular flexibility index (Phi) is 7.78. The van der Waals surface area contributed by atoms with Crippen LogP contribution in [0.3, 0.4) is 0 Å². The number of aliphatic imine (C=N–C) groups is 2. The lowest BCUT2D eigenvalue weighted by molar-refractivity contribution is 0.302. The molecular formula is C23H37N5O. The molecule has 1 aromatic rings. The average molecular weight is 400 g/mol. The molecule has 1 aliphatic carbocycles. The number of benzene rings is 1. The van der Waals surface area contributed by atoms with Crippen LogP contribution in [0.4, 0.5) is 5.69 Å². The van der Waals surface area contributed by atoms with Gasteiger partial charge in [0.05, 0.1) is 6.61 Å². The molecule has 0 radical (unpaired) electrons. The Hall–Kier alpha value is -2.24. The number of guanidine groups is 2. The third-order valence-electron chi connectivity index (χ3n) is 5.96. The summed E-state index contributed by atoms with van der Waals surface area (Å²) in [7, 11) is 0. The normalized spacial score (nSPS) is 18.4. The second-order valence-electron chi connectivity index (χ2n) is 8.28. The summed E-state index contributed by atoms with van der Waals surface area (Å²) >= 11 is 0. The van der Waals surface area contributed by atoms with Gasteiger partial charge >= 0.3 is 0 Å². The molecular weight excluding hydrogens is 362 g/mol. The van der Waals surface area contributed by atoms with Crippen molar-refractivity contribution in [1.82, 2.24) is 0 Å². The predicted molar refractivity (Wildman–Crippen MR) is 121 cm³/mol. The summed E-state index contributed by atoms with van der Waals surface area (Å²) in [6.45, 7) is 3.02. The van der Waals surface area contributed by atoms with Gasteiger partial charge in [0.25, 0.3) is 0 Å². The molecule has 6 heteroatoms. The number of nitrogens with zero attached hydrogens (tertiary/aromatic N) is 3. The maximum atomic E-state index is 6.29. The molecule has 0 bridgehead atoms. The van der Waals surface area contributed by atoms with E-state index in [4.69, 9.17) is 21.2 Å². The van der Waals surface area contributed by atoms with E-state index in [2.05, 4.69) is 28.9 Å². The number of rotatable bonds is 10. The highest BCUT2D eigenvalue weighted by Gasteiger charge is 2.42. The van der Waals surface area contributed by atoms with E-state index < -0.39 is 5.66 Å². The Bertz CT molecular complexity index is 692. The molecule has 0 unspecified atom stereocenters. The molecule has 0 amide bonds. The van der Waals surface area contributed by atoms with Crippen molar-refractivity contribution >= 4 is 17.6 Å². The van der Waals surface area contributed by atoms with Crippen molar-refractivity contribution in [3.63, 3.8) is 0 Å². The molecule has 1 aromatic carbocycles. The Morgan fingerprint density at radius 3 is 2.28 bits per heavy atom. The summed E-state index contributed by atoms with van der Waals surface area (Å²) < 4.78 is 5.93. The van der Waals surface area contributed by atoms with E-state index in [1.54, 1.807) is 0 Å². The quantitative estimate of drug-likeness (QED) is 0.546. The molecule has 1 spiro atoms. The van der Waals surface area contributed by atoms with Gasteiger partial charge in [0.2, 0.25) is 11.9 Å². The van der Waals surface area contributed by atoms with Crippen LogP contribution in [0.5, 0.6) is 5.75 Å². The first-order chi connectivity index (χ1) is 14.1. The molecule has 6 nitrogen and oxygen atoms in total. The molecule has 0 saturated heterocycles. The fraction of sp³-hybridized carbons (Fsp3) is 0.652. The lowest BCUT2D eigenvalue weighted by Crippen LogP contribution is -2.58. The van der Waals surface area contributed by atoms with Crippen LogP contribution in [0.25, 0.3) is 0 Å². The number of unbranched alkanes of at least 4 members (excludes halogenated alkanes) is 6. The van der Waals surface area contributed by atoms with Gasteiger partial charge in [-0.25, -0.2) is 4.99 Å². The van der Waals surface area contributed by atoms with Crippen LogP contribution in [0.15, 0.2) is 34.3 Å². The van der Waals surface area contributed by atoms with Crippen LogP contribution in [-0.4, -0.2) is 24.2 Å². The Labute approximate surface area is 175 Å². The van der Waals surface area contributed by atoms with Crippen molar-refractivity contribution in [2.75, 3.05) is 11.5 Å². The average Bonchev–Trinajstić information content (AvgIpc) is 2.71. The first kappa shape index (κ1) is 21.5. The van der Waals surface area contributed by atoms with E-state index in [1.807, 2.05) is 12.1 Å². The summed E-state index contributed by atoms with van der Waals surface area (Å²) in [5.41, 5.74) is 12.8. The van der Waals surface area contributed by atoms with Crippen molar-refractivity contribution in [1.29, 1.82) is 0 Å². The minimum absolute atomic E-state index is 0.287. The molecule has 3 rings (SSSR count). The van der Waals surface area contributed by atoms with E-state index in [1.165, 1.54) is 44.9 Å². The molecule has 1 fully saturated rings. The number of anilines is 1. The monoisotopic (exact) mass is 399 g/mol. The fourth-order valence-electron chi connectivity index (χ4n) is 4.44. The standard InChI is InChI=1S/C23H37N5O/c1-2-3-4-5-6-7-11-18-29-20-14-12-19(13-15-20)28-22(25)26-21(24)27-23(28)16-9-8-10-17-23/h12-15H,2-11,16-18H2,1H3,(H4,24,25,26,27). The van der Waals surface area contributed by atoms with Gasteiger partial charge in [-0.3, -0.25) is 4.90 Å². The van der Waals surface area contributed by atoms with Crippen LogP contribution in [0.2, 0.25) is 0 Å². The Balaban J connectivity index is 1.54. The molecule has 1 saturated carbocycles. The zero-order valence-electron chi connectivity index (χ0n) is 17.9.